The van der Waals surface area contributed by atoms with Crippen LogP contribution in [0.25, 0.3) is 0 Å². The minimum Gasteiger partial charge on any atom is -0.421 e. The first-order valence-electron chi connectivity index (χ1n) is 14.4. The first-order chi connectivity index (χ1) is 19.6. The summed E-state index contributed by atoms with van der Waals surface area (Å²) < 4.78 is 6.23. The summed E-state index contributed by atoms with van der Waals surface area (Å²) in [5, 5.41) is 19.3. The van der Waals surface area contributed by atoms with Gasteiger partial charge < -0.3 is 20.4 Å². The molecule has 1 saturated heterocycles. The Bertz CT molecular complexity index is 1220. The summed E-state index contributed by atoms with van der Waals surface area (Å²) in [4.78, 5) is 54.3. The van der Waals surface area contributed by atoms with Gasteiger partial charge >= 0.3 is 6.03 Å². The SMILES string of the molecule is CC(C)CC1c2nnc(o2)[C@H](Cc2ccccc2)NC(=O)NC(=O)[C@@H](CC(C)C)NC(=O)CNC(=O)[C@@H]2CCCN12. The van der Waals surface area contributed by atoms with Gasteiger partial charge in [-0.1, -0.05) is 58.0 Å². The number of rotatable bonds is 6. The van der Waals surface area contributed by atoms with Crippen molar-refractivity contribution in [3.8, 4) is 0 Å². The second-order valence-corrected chi connectivity index (χ2v) is 11.7. The number of amides is 5. The molecule has 0 radical (unpaired) electrons. The number of nitrogens with zero attached hydrogens (tertiary/aromatic N) is 3. The summed E-state index contributed by atoms with van der Waals surface area (Å²) in [7, 11) is 0. The van der Waals surface area contributed by atoms with Gasteiger partial charge in [0.2, 0.25) is 23.6 Å². The van der Waals surface area contributed by atoms with E-state index in [1.54, 1.807) is 0 Å². The van der Waals surface area contributed by atoms with Gasteiger partial charge in [0.05, 0.1) is 18.6 Å². The third-order valence-corrected chi connectivity index (χ3v) is 7.34. The summed E-state index contributed by atoms with van der Waals surface area (Å²) in [5.41, 5.74) is 0.926. The minimum absolute atomic E-state index is 0.0605. The first-order valence-corrected chi connectivity index (χ1v) is 14.4. The lowest BCUT2D eigenvalue weighted by molar-refractivity contribution is -0.131. The largest absolute Gasteiger partial charge is 0.421 e. The maximum atomic E-state index is 13.3. The molecule has 0 saturated carbocycles. The monoisotopic (exact) mass is 567 g/mol. The molecule has 4 rings (SSSR count). The van der Waals surface area contributed by atoms with E-state index in [1.807, 2.05) is 44.2 Å². The molecule has 1 aromatic heterocycles. The van der Waals surface area contributed by atoms with Gasteiger partial charge in [-0.25, -0.2) is 4.79 Å². The van der Waals surface area contributed by atoms with Crippen LogP contribution in [-0.4, -0.2) is 64.0 Å². The van der Waals surface area contributed by atoms with Crippen molar-refractivity contribution in [3.63, 3.8) is 0 Å². The Hall–Kier alpha value is -3.80. The van der Waals surface area contributed by atoms with E-state index in [4.69, 9.17) is 4.42 Å². The molecule has 2 aromatic rings. The van der Waals surface area contributed by atoms with Crippen LogP contribution in [-0.2, 0) is 20.8 Å². The molecule has 3 heterocycles. The molecular weight excluding hydrogens is 526 g/mol. The van der Waals surface area contributed by atoms with Crippen molar-refractivity contribution in [2.45, 2.75) is 84.0 Å². The van der Waals surface area contributed by atoms with Crippen molar-refractivity contribution in [2.24, 2.45) is 11.8 Å². The second kappa shape index (κ2) is 13.7. The van der Waals surface area contributed by atoms with Crippen LogP contribution in [0, 0.1) is 11.8 Å². The number of carbonyl (C=O) groups excluding carboxylic acids is 4. The lowest BCUT2D eigenvalue weighted by atomic mass is 10.0. The number of imide groups is 1. The van der Waals surface area contributed by atoms with Gasteiger partial charge in [0, 0.05) is 6.42 Å². The highest BCUT2D eigenvalue weighted by Crippen LogP contribution is 2.34. The molecule has 12 nitrogen and oxygen atoms in total. The molecule has 0 aliphatic carbocycles. The molecule has 41 heavy (non-hydrogen) atoms. The lowest BCUT2D eigenvalue weighted by Crippen LogP contribution is -2.54. The average molecular weight is 568 g/mol. The number of carbonyl (C=O) groups is 4. The number of hydrogen-bond acceptors (Lipinski definition) is 8. The highest BCUT2D eigenvalue weighted by molar-refractivity contribution is 5.99. The third-order valence-electron chi connectivity index (χ3n) is 7.34. The van der Waals surface area contributed by atoms with E-state index in [2.05, 4.69) is 50.2 Å². The zero-order valence-electron chi connectivity index (χ0n) is 24.2. The Morgan fingerprint density at radius 2 is 1.61 bits per heavy atom. The normalized spacial score (nSPS) is 24.8. The molecule has 12 heteroatoms. The van der Waals surface area contributed by atoms with Crippen molar-refractivity contribution < 1.29 is 23.6 Å². The van der Waals surface area contributed by atoms with Gasteiger partial charge in [-0.15, -0.1) is 10.2 Å². The molecule has 0 spiro atoms. The van der Waals surface area contributed by atoms with Crippen LogP contribution in [0.5, 0.6) is 0 Å². The van der Waals surface area contributed by atoms with E-state index in [0.717, 1.165) is 12.0 Å². The molecule has 2 aliphatic rings. The Morgan fingerprint density at radius 1 is 0.902 bits per heavy atom. The molecule has 1 fully saturated rings. The van der Waals surface area contributed by atoms with Crippen LogP contribution < -0.4 is 21.3 Å². The fraction of sp³-hybridized carbons (Fsp3) is 0.586. The Labute approximate surface area is 240 Å². The van der Waals surface area contributed by atoms with Gasteiger partial charge in [0.1, 0.15) is 12.1 Å². The summed E-state index contributed by atoms with van der Waals surface area (Å²) >= 11 is 0. The molecule has 1 unspecified atom stereocenters. The van der Waals surface area contributed by atoms with E-state index >= 15 is 0 Å². The van der Waals surface area contributed by atoms with Crippen LogP contribution >= 0.6 is 0 Å². The number of benzene rings is 1. The van der Waals surface area contributed by atoms with Crippen molar-refractivity contribution in [1.82, 2.24) is 36.4 Å². The number of nitrogens with one attached hydrogen (secondary N) is 4. The van der Waals surface area contributed by atoms with Crippen LogP contribution in [0.1, 0.15) is 82.8 Å². The minimum atomic E-state index is -0.957. The molecule has 4 N–H and O–H groups in total. The van der Waals surface area contributed by atoms with E-state index in [1.165, 1.54) is 0 Å². The van der Waals surface area contributed by atoms with E-state index in [9.17, 15) is 19.2 Å². The van der Waals surface area contributed by atoms with E-state index < -0.39 is 36.0 Å². The van der Waals surface area contributed by atoms with Gasteiger partial charge in [-0.2, -0.15) is 0 Å². The summed E-state index contributed by atoms with van der Waals surface area (Å²) in [6.45, 7) is 8.38. The number of fused-ring (bicyclic) bond motifs is 3. The number of aromatic nitrogens is 2. The van der Waals surface area contributed by atoms with Crippen LogP contribution in [0.3, 0.4) is 0 Å². The van der Waals surface area contributed by atoms with Crippen LogP contribution in [0.15, 0.2) is 34.7 Å². The summed E-state index contributed by atoms with van der Waals surface area (Å²) in [6.07, 6.45) is 2.78. The average Bonchev–Trinajstić information content (AvgIpc) is 3.60. The molecule has 5 amide bonds. The number of urea groups is 1. The molecule has 4 atom stereocenters. The van der Waals surface area contributed by atoms with Gasteiger partial charge in [0.15, 0.2) is 0 Å². The standard InChI is InChI=1S/C29H41N7O5/c1-17(2)13-20-25(38)33-29(40)32-21(15-19-9-6-5-7-10-19)27-34-35-28(41-27)23(14-18(3)4)36-12-8-11-22(36)26(39)30-16-24(37)31-20/h5-7,9-10,17-18,20-23H,8,11-16H2,1-4H3,(H,30,39)(H,31,37)(H2,32,33,38,40)/t20-,21+,22+,23?/m1/s1. The van der Waals surface area contributed by atoms with Crippen LogP contribution in [0.2, 0.25) is 0 Å². The first kappa shape index (κ1) is 30.2. The maximum Gasteiger partial charge on any atom is 0.322 e. The Kier molecular flexibility index (Phi) is 10.1. The van der Waals surface area contributed by atoms with Gasteiger partial charge in [-0.05, 0) is 49.6 Å². The number of hydrogen-bond donors (Lipinski definition) is 4. The van der Waals surface area contributed by atoms with E-state index in [-0.39, 0.29) is 36.2 Å². The predicted octanol–water partition coefficient (Wildman–Crippen LogP) is 2.39. The lowest BCUT2D eigenvalue weighted by Gasteiger charge is -2.31. The Balaban J connectivity index is 1.70. The highest BCUT2D eigenvalue weighted by atomic mass is 16.4. The Morgan fingerprint density at radius 3 is 2.32 bits per heavy atom. The van der Waals surface area contributed by atoms with Crippen molar-refractivity contribution >= 4 is 23.8 Å². The van der Waals surface area contributed by atoms with Crippen LogP contribution in [0.4, 0.5) is 4.79 Å². The van der Waals surface area contributed by atoms with Gasteiger partial charge in [0.25, 0.3) is 5.91 Å². The smallest absolute Gasteiger partial charge is 0.322 e. The van der Waals surface area contributed by atoms with E-state index in [0.29, 0.717) is 38.1 Å². The van der Waals surface area contributed by atoms with Crippen molar-refractivity contribution in [2.75, 3.05) is 13.1 Å². The highest BCUT2D eigenvalue weighted by Gasteiger charge is 2.39. The fourth-order valence-corrected chi connectivity index (χ4v) is 5.47. The molecular formula is C29H41N7O5. The molecule has 1 aromatic carbocycles. The van der Waals surface area contributed by atoms with Crippen molar-refractivity contribution in [1.29, 1.82) is 0 Å². The second-order valence-electron chi connectivity index (χ2n) is 11.7. The summed E-state index contributed by atoms with van der Waals surface area (Å²) in [5.74, 6) is -0.517. The fourth-order valence-electron chi connectivity index (χ4n) is 5.47. The quantitative estimate of drug-likeness (QED) is 0.414. The van der Waals surface area contributed by atoms with Crippen molar-refractivity contribution in [3.05, 3.63) is 47.7 Å². The zero-order valence-corrected chi connectivity index (χ0v) is 24.2. The molecule has 222 valence electrons. The van der Waals surface area contributed by atoms with Gasteiger partial charge in [-0.3, -0.25) is 24.6 Å². The summed E-state index contributed by atoms with van der Waals surface area (Å²) in [6, 6.07) is 6.34. The topological polar surface area (TPSA) is 159 Å². The zero-order chi connectivity index (χ0) is 29.5. The molecule has 2 aliphatic heterocycles. The third kappa shape index (κ3) is 8.12. The predicted molar refractivity (Wildman–Crippen MR) is 150 cm³/mol. The molecule has 2 bridgehead atoms. The maximum absolute atomic E-state index is 13.3.